The molecule has 1 aromatic heterocycles. The van der Waals surface area contributed by atoms with Crippen LogP contribution in [0.4, 0.5) is 5.13 Å². The first-order valence-corrected chi connectivity index (χ1v) is 8.47. The molecule has 2 aromatic rings. The van der Waals surface area contributed by atoms with Crippen molar-refractivity contribution in [3.8, 4) is 5.75 Å². The molecule has 2 rings (SSSR count). The largest absolute Gasteiger partial charge is 0.488 e. The van der Waals surface area contributed by atoms with Crippen molar-refractivity contribution in [2.75, 3.05) is 19.0 Å². The second kappa shape index (κ2) is 6.93. The molecule has 1 heterocycles. The molecule has 7 heteroatoms. The number of hydrogen-bond acceptors (Lipinski definition) is 5. The highest BCUT2D eigenvalue weighted by atomic mass is 79.9. The highest BCUT2D eigenvalue weighted by Gasteiger charge is 2.24. The van der Waals surface area contributed by atoms with E-state index in [1.54, 1.807) is 21.0 Å². The Morgan fingerprint density at radius 3 is 2.86 bits per heavy atom. The van der Waals surface area contributed by atoms with Crippen molar-refractivity contribution in [1.29, 1.82) is 0 Å². The number of ether oxygens (including phenoxy) is 2. The third-order valence-electron chi connectivity index (χ3n) is 2.86. The lowest BCUT2D eigenvalue weighted by Crippen LogP contribution is -2.30. The van der Waals surface area contributed by atoms with Crippen LogP contribution in [0.3, 0.4) is 0 Å². The Bertz CT molecular complexity index is 666. The lowest BCUT2D eigenvalue weighted by molar-refractivity contribution is -0.117. The van der Waals surface area contributed by atoms with Crippen molar-refractivity contribution in [2.24, 2.45) is 0 Å². The number of methoxy groups -OCH3 is 1. The van der Waals surface area contributed by atoms with Crippen molar-refractivity contribution in [3.63, 3.8) is 0 Å². The maximum Gasteiger partial charge on any atom is 0.242 e. The molecule has 1 amide bonds. The predicted octanol–water partition coefficient (Wildman–Crippen LogP) is 3.82. The van der Waals surface area contributed by atoms with E-state index in [2.05, 4.69) is 26.2 Å². The molecule has 0 fully saturated rings. The van der Waals surface area contributed by atoms with Crippen LogP contribution in [0.1, 0.15) is 20.8 Å². The molecule has 1 aromatic carbocycles. The number of halogens is 1. The van der Waals surface area contributed by atoms with E-state index >= 15 is 0 Å². The highest BCUT2D eigenvalue weighted by molar-refractivity contribution is 9.10. The van der Waals surface area contributed by atoms with Gasteiger partial charge >= 0.3 is 0 Å². The second-order valence-electron chi connectivity index (χ2n) is 5.46. The molecule has 1 atom stereocenters. The van der Waals surface area contributed by atoms with E-state index in [0.717, 1.165) is 16.0 Å². The van der Waals surface area contributed by atoms with Crippen molar-refractivity contribution < 1.29 is 14.3 Å². The number of benzene rings is 1. The fourth-order valence-corrected chi connectivity index (χ4v) is 2.77. The Morgan fingerprint density at radius 2 is 2.23 bits per heavy atom. The number of carbonyl (C=O) groups is 1. The molecule has 0 spiro atoms. The topological polar surface area (TPSA) is 60.5 Å². The van der Waals surface area contributed by atoms with Gasteiger partial charge in [-0.2, -0.15) is 0 Å². The first-order valence-electron chi connectivity index (χ1n) is 6.86. The Kier molecular flexibility index (Phi) is 5.41. The first-order chi connectivity index (χ1) is 10.3. The maximum atomic E-state index is 12.0. The molecule has 120 valence electrons. The fourth-order valence-electron chi connectivity index (χ4n) is 1.78. The molecular formula is C15H19BrN2O3S. The summed E-state index contributed by atoms with van der Waals surface area (Å²) in [6.07, 6.45) is -0.0243. The van der Waals surface area contributed by atoms with Crippen molar-refractivity contribution >= 4 is 48.5 Å². The van der Waals surface area contributed by atoms with Gasteiger partial charge in [0.2, 0.25) is 5.91 Å². The Morgan fingerprint density at radius 1 is 1.50 bits per heavy atom. The summed E-state index contributed by atoms with van der Waals surface area (Å²) in [6.45, 7) is 6.06. The molecular weight excluding hydrogens is 368 g/mol. The van der Waals surface area contributed by atoms with Gasteiger partial charge in [-0.1, -0.05) is 27.3 Å². The van der Waals surface area contributed by atoms with E-state index in [-0.39, 0.29) is 12.0 Å². The number of hydrogen-bond donors (Lipinski definition) is 1. The molecule has 0 unspecified atom stereocenters. The molecule has 0 radical (unpaired) electrons. The molecule has 0 aliphatic rings. The van der Waals surface area contributed by atoms with Gasteiger partial charge in [0.25, 0.3) is 0 Å². The minimum Gasteiger partial charge on any atom is -0.488 e. The van der Waals surface area contributed by atoms with Crippen molar-refractivity contribution in [1.82, 2.24) is 4.98 Å². The SMILES string of the molecule is COC[C@@H](C)Oc1ccc2nc(NC(=O)C(C)(C)Br)sc2c1. The summed E-state index contributed by atoms with van der Waals surface area (Å²) in [4.78, 5) is 16.4. The van der Waals surface area contributed by atoms with Crippen LogP contribution in [0.15, 0.2) is 18.2 Å². The van der Waals surface area contributed by atoms with Gasteiger partial charge < -0.3 is 14.8 Å². The minimum absolute atomic E-state index is 0.0243. The molecule has 0 saturated carbocycles. The summed E-state index contributed by atoms with van der Waals surface area (Å²) in [6, 6.07) is 5.68. The molecule has 5 nitrogen and oxygen atoms in total. The zero-order chi connectivity index (χ0) is 16.3. The second-order valence-corrected chi connectivity index (χ2v) is 8.47. The predicted molar refractivity (Wildman–Crippen MR) is 93.2 cm³/mol. The fraction of sp³-hybridized carbons (Fsp3) is 0.467. The third kappa shape index (κ3) is 4.41. The van der Waals surface area contributed by atoms with E-state index in [1.807, 2.05) is 25.1 Å². The molecule has 1 N–H and O–H groups in total. The van der Waals surface area contributed by atoms with Crippen molar-refractivity contribution in [2.45, 2.75) is 31.2 Å². The number of alkyl halides is 1. The number of amides is 1. The van der Waals surface area contributed by atoms with E-state index in [4.69, 9.17) is 9.47 Å². The van der Waals surface area contributed by atoms with Gasteiger partial charge in [-0.3, -0.25) is 4.79 Å². The van der Waals surface area contributed by atoms with Gasteiger partial charge in [0.1, 0.15) is 11.9 Å². The van der Waals surface area contributed by atoms with Gasteiger partial charge in [-0.05, 0) is 39.0 Å². The highest BCUT2D eigenvalue weighted by Crippen LogP contribution is 2.30. The van der Waals surface area contributed by atoms with Crippen LogP contribution in [0.2, 0.25) is 0 Å². The van der Waals surface area contributed by atoms with Gasteiger partial charge in [0.05, 0.1) is 21.1 Å². The lowest BCUT2D eigenvalue weighted by Gasteiger charge is -2.13. The zero-order valence-electron chi connectivity index (χ0n) is 13.0. The smallest absolute Gasteiger partial charge is 0.242 e. The van der Waals surface area contributed by atoms with E-state index in [1.165, 1.54) is 11.3 Å². The van der Waals surface area contributed by atoms with E-state index < -0.39 is 4.32 Å². The number of carbonyl (C=O) groups excluding carboxylic acids is 1. The van der Waals surface area contributed by atoms with Gasteiger partial charge in [-0.25, -0.2) is 4.98 Å². The van der Waals surface area contributed by atoms with Crippen LogP contribution in [0.5, 0.6) is 5.75 Å². The summed E-state index contributed by atoms with van der Waals surface area (Å²) < 4.78 is 11.2. The molecule has 22 heavy (non-hydrogen) atoms. The third-order valence-corrected chi connectivity index (χ3v) is 4.15. The number of anilines is 1. The monoisotopic (exact) mass is 386 g/mol. The van der Waals surface area contributed by atoms with Crippen LogP contribution >= 0.6 is 27.3 Å². The Labute approximate surface area is 142 Å². The summed E-state index contributed by atoms with van der Waals surface area (Å²) >= 11 is 4.75. The van der Waals surface area contributed by atoms with E-state index in [9.17, 15) is 4.79 Å². The van der Waals surface area contributed by atoms with Crippen LogP contribution in [-0.2, 0) is 9.53 Å². The normalized spacial score (nSPS) is 13.1. The summed E-state index contributed by atoms with van der Waals surface area (Å²) in [7, 11) is 1.65. The van der Waals surface area contributed by atoms with Crippen molar-refractivity contribution in [3.05, 3.63) is 18.2 Å². The first kappa shape index (κ1) is 17.2. The standard InChI is InChI=1S/C15H19BrN2O3S/c1-9(8-20-4)21-10-5-6-11-12(7-10)22-14(17-11)18-13(19)15(2,3)16/h5-7,9H,8H2,1-4H3,(H,17,18,19)/t9-/m1/s1. The number of nitrogens with one attached hydrogen (secondary N) is 1. The van der Waals surface area contributed by atoms with Gasteiger partial charge in [0, 0.05) is 7.11 Å². The van der Waals surface area contributed by atoms with Gasteiger partial charge in [-0.15, -0.1) is 0 Å². The van der Waals surface area contributed by atoms with E-state index in [0.29, 0.717) is 11.7 Å². The molecule has 0 saturated heterocycles. The number of nitrogens with zero attached hydrogens (tertiary/aromatic N) is 1. The van der Waals surface area contributed by atoms with Crippen LogP contribution in [0.25, 0.3) is 10.2 Å². The number of thiazole rings is 1. The average Bonchev–Trinajstić information content (AvgIpc) is 2.79. The minimum atomic E-state index is -0.630. The maximum absolute atomic E-state index is 12.0. The summed E-state index contributed by atoms with van der Waals surface area (Å²) in [5, 5.41) is 3.39. The number of rotatable bonds is 6. The number of fused-ring (bicyclic) bond motifs is 1. The van der Waals surface area contributed by atoms with Crippen LogP contribution in [-0.4, -0.2) is 35.0 Å². The lowest BCUT2D eigenvalue weighted by atomic mass is 10.2. The summed E-state index contributed by atoms with van der Waals surface area (Å²) in [5.41, 5.74) is 0.833. The van der Waals surface area contributed by atoms with Gasteiger partial charge in [0.15, 0.2) is 5.13 Å². The molecule has 0 bridgehead atoms. The Hall–Kier alpha value is -1.18. The molecule has 0 aliphatic carbocycles. The number of aromatic nitrogens is 1. The molecule has 0 aliphatic heterocycles. The average molecular weight is 387 g/mol. The summed E-state index contributed by atoms with van der Waals surface area (Å²) in [5.74, 6) is 0.635. The van der Waals surface area contributed by atoms with Crippen LogP contribution in [0, 0.1) is 0 Å². The van der Waals surface area contributed by atoms with Crippen LogP contribution < -0.4 is 10.1 Å². The zero-order valence-corrected chi connectivity index (χ0v) is 15.4. The quantitative estimate of drug-likeness (QED) is 0.766. The Balaban J connectivity index is 2.15.